The van der Waals surface area contributed by atoms with Gasteiger partial charge in [0.25, 0.3) is 0 Å². The van der Waals surface area contributed by atoms with E-state index in [0.717, 1.165) is 4.88 Å². The summed E-state index contributed by atoms with van der Waals surface area (Å²) in [5.74, 6) is -0.490. The van der Waals surface area contributed by atoms with Crippen LogP contribution in [0.2, 0.25) is 0 Å². The molecule has 5 heteroatoms. The number of nitrogens with zero attached hydrogens (tertiary/aromatic N) is 1. The molecule has 0 amide bonds. The van der Waals surface area contributed by atoms with Crippen molar-refractivity contribution >= 4 is 23.4 Å². The van der Waals surface area contributed by atoms with Crippen molar-refractivity contribution in [2.75, 3.05) is 6.61 Å². The van der Waals surface area contributed by atoms with Crippen molar-refractivity contribution in [1.82, 2.24) is 4.98 Å². The lowest BCUT2D eigenvalue weighted by Gasteiger charge is -1.99. The highest BCUT2D eigenvalue weighted by atomic mass is 32.1. The largest absolute Gasteiger partial charge is 0.461 e. The maximum atomic E-state index is 11.0. The molecule has 0 aliphatic rings. The van der Waals surface area contributed by atoms with Gasteiger partial charge in [-0.05, 0) is 13.0 Å². The maximum absolute atomic E-state index is 11.0. The van der Waals surface area contributed by atoms with Gasteiger partial charge < -0.3 is 10.5 Å². The number of ether oxygens (including phenoxy) is 1. The smallest absolute Gasteiger partial charge is 0.354 e. The summed E-state index contributed by atoms with van der Waals surface area (Å²) in [6, 6.07) is 0. The van der Waals surface area contributed by atoms with Gasteiger partial charge in [0.2, 0.25) is 0 Å². The van der Waals surface area contributed by atoms with Gasteiger partial charge in [-0.1, -0.05) is 0 Å². The lowest BCUT2D eigenvalue weighted by molar-refractivity contribution is -0.138. The van der Waals surface area contributed by atoms with Crippen molar-refractivity contribution in [3.63, 3.8) is 0 Å². The average molecular weight is 198 g/mol. The van der Waals surface area contributed by atoms with Gasteiger partial charge >= 0.3 is 5.97 Å². The van der Waals surface area contributed by atoms with Crippen LogP contribution in [0, 0.1) is 0 Å². The molecule has 0 aromatic carbocycles. The molecule has 1 rings (SSSR count). The number of esters is 1. The minimum Gasteiger partial charge on any atom is -0.461 e. The SMILES string of the molecule is CCOC(=O)/C(N)=C\c1cncs1. The van der Waals surface area contributed by atoms with Crippen molar-refractivity contribution in [3.05, 3.63) is 22.3 Å². The summed E-state index contributed by atoms with van der Waals surface area (Å²) in [5.41, 5.74) is 7.23. The first-order chi connectivity index (χ1) is 6.24. The van der Waals surface area contributed by atoms with Crippen LogP contribution in [0.3, 0.4) is 0 Å². The Hall–Kier alpha value is -1.36. The van der Waals surface area contributed by atoms with Gasteiger partial charge in [0.05, 0.1) is 12.1 Å². The standard InChI is InChI=1S/C8H10N2O2S/c1-2-12-8(11)7(9)3-6-4-10-5-13-6/h3-5H,2,9H2,1H3/b7-3+. The molecule has 0 spiro atoms. The molecule has 0 unspecified atom stereocenters. The van der Waals surface area contributed by atoms with E-state index in [1.54, 1.807) is 24.7 Å². The lowest BCUT2D eigenvalue weighted by atomic mass is 10.4. The number of rotatable bonds is 3. The number of nitrogens with two attached hydrogens (primary N) is 1. The predicted molar refractivity (Wildman–Crippen MR) is 50.9 cm³/mol. The summed E-state index contributed by atoms with van der Waals surface area (Å²) >= 11 is 1.41. The Morgan fingerprint density at radius 2 is 2.62 bits per heavy atom. The van der Waals surface area contributed by atoms with Crippen LogP contribution in [0.5, 0.6) is 0 Å². The second-order valence-corrected chi connectivity index (χ2v) is 3.14. The first kappa shape index (κ1) is 9.73. The van der Waals surface area contributed by atoms with Crippen molar-refractivity contribution in [1.29, 1.82) is 0 Å². The van der Waals surface area contributed by atoms with Crippen LogP contribution < -0.4 is 5.73 Å². The maximum Gasteiger partial charge on any atom is 0.354 e. The van der Waals surface area contributed by atoms with Gasteiger partial charge in [-0.2, -0.15) is 0 Å². The molecular formula is C8H10N2O2S. The normalized spacial score (nSPS) is 11.3. The molecule has 2 N–H and O–H groups in total. The lowest BCUT2D eigenvalue weighted by Crippen LogP contribution is -2.14. The molecule has 70 valence electrons. The van der Waals surface area contributed by atoms with E-state index in [9.17, 15) is 4.79 Å². The van der Waals surface area contributed by atoms with Crippen LogP contribution in [-0.4, -0.2) is 17.6 Å². The second kappa shape index (κ2) is 4.61. The molecule has 0 fully saturated rings. The Kier molecular flexibility index (Phi) is 3.45. The van der Waals surface area contributed by atoms with E-state index in [4.69, 9.17) is 10.5 Å². The molecule has 0 radical (unpaired) electrons. The molecule has 1 aromatic rings. The van der Waals surface area contributed by atoms with Crippen LogP contribution in [0.4, 0.5) is 0 Å². The molecule has 0 aliphatic carbocycles. The fraction of sp³-hybridized carbons (Fsp3) is 0.250. The quantitative estimate of drug-likeness (QED) is 0.581. The second-order valence-electron chi connectivity index (χ2n) is 2.22. The van der Waals surface area contributed by atoms with Gasteiger partial charge in [0.15, 0.2) is 0 Å². The molecule has 13 heavy (non-hydrogen) atoms. The van der Waals surface area contributed by atoms with Gasteiger partial charge in [-0.3, -0.25) is 4.98 Å². The summed E-state index contributed by atoms with van der Waals surface area (Å²) in [4.78, 5) is 15.7. The first-order valence-electron chi connectivity index (χ1n) is 3.76. The molecule has 0 bridgehead atoms. The highest BCUT2D eigenvalue weighted by Crippen LogP contribution is 2.09. The Balaban J connectivity index is 2.66. The Morgan fingerprint density at radius 3 is 3.15 bits per heavy atom. The van der Waals surface area contributed by atoms with Crippen molar-refractivity contribution in [2.24, 2.45) is 5.73 Å². The molecule has 0 aliphatic heterocycles. The van der Waals surface area contributed by atoms with Gasteiger partial charge in [0.1, 0.15) is 5.70 Å². The van der Waals surface area contributed by atoms with Crippen molar-refractivity contribution < 1.29 is 9.53 Å². The molecule has 0 saturated heterocycles. The van der Waals surface area contributed by atoms with E-state index in [0.29, 0.717) is 6.61 Å². The van der Waals surface area contributed by atoms with E-state index in [2.05, 4.69) is 4.98 Å². The Bertz CT molecular complexity index is 306. The number of aromatic nitrogens is 1. The van der Waals surface area contributed by atoms with Crippen LogP contribution in [0.25, 0.3) is 6.08 Å². The molecule has 1 heterocycles. The molecular weight excluding hydrogens is 188 g/mol. The van der Waals surface area contributed by atoms with Crippen LogP contribution in [0.1, 0.15) is 11.8 Å². The van der Waals surface area contributed by atoms with Crippen LogP contribution >= 0.6 is 11.3 Å². The topological polar surface area (TPSA) is 65.2 Å². The summed E-state index contributed by atoms with van der Waals surface area (Å²) in [6.45, 7) is 2.06. The third-order valence-electron chi connectivity index (χ3n) is 1.26. The van der Waals surface area contributed by atoms with Crippen LogP contribution in [-0.2, 0) is 9.53 Å². The highest BCUT2D eigenvalue weighted by Gasteiger charge is 2.05. The third-order valence-corrected chi connectivity index (χ3v) is 1.98. The number of carbonyl (C=O) groups excluding carboxylic acids is 1. The molecule has 0 atom stereocenters. The molecule has 0 saturated carbocycles. The number of hydrogen-bond donors (Lipinski definition) is 1. The zero-order valence-corrected chi connectivity index (χ0v) is 8.00. The Labute approximate surface area is 80.0 Å². The van der Waals surface area contributed by atoms with E-state index in [-0.39, 0.29) is 5.70 Å². The highest BCUT2D eigenvalue weighted by molar-refractivity contribution is 7.10. The minimum atomic E-state index is -0.490. The first-order valence-corrected chi connectivity index (χ1v) is 4.64. The fourth-order valence-corrected chi connectivity index (χ4v) is 1.28. The summed E-state index contributed by atoms with van der Waals surface area (Å²) < 4.78 is 4.70. The van der Waals surface area contributed by atoms with Gasteiger partial charge in [-0.15, -0.1) is 11.3 Å². The number of carbonyl (C=O) groups is 1. The number of thiazole rings is 1. The van der Waals surface area contributed by atoms with Gasteiger partial charge in [-0.25, -0.2) is 4.79 Å². The zero-order chi connectivity index (χ0) is 9.68. The van der Waals surface area contributed by atoms with Crippen LogP contribution in [0.15, 0.2) is 17.4 Å². The summed E-state index contributed by atoms with van der Waals surface area (Å²) in [6.07, 6.45) is 3.19. The summed E-state index contributed by atoms with van der Waals surface area (Å²) in [5, 5.41) is 0. The summed E-state index contributed by atoms with van der Waals surface area (Å²) in [7, 11) is 0. The molecule has 1 aromatic heterocycles. The number of hydrogen-bond acceptors (Lipinski definition) is 5. The average Bonchev–Trinajstić information content (AvgIpc) is 2.57. The van der Waals surface area contributed by atoms with E-state index in [1.165, 1.54) is 11.3 Å². The minimum absolute atomic E-state index is 0.103. The fourth-order valence-electron chi connectivity index (χ4n) is 0.724. The monoisotopic (exact) mass is 198 g/mol. The van der Waals surface area contributed by atoms with E-state index < -0.39 is 5.97 Å². The van der Waals surface area contributed by atoms with Gasteiger partial charge in [0, 0.05) is 11.1 Å². The van der Waals surface area contributed by atoms with E-state index in [1.807, 2.05) is 0 Å². The van der Waals surface area contributed by atoms with Crippen molar-refractivity contribution in [2.45, 2.75) is 6.92 Å². The van der Waals surface area contributed by atoms with Crippen molar-refractivity contribution in [3.8, 4) is 0 Å². The molecule has 4 nitrogen and oxygen atoms in total. The Morgan fingerprint density at radius 1 is 1.85 bits per heavy atom. The zero-order valence-electron chi connectivity index (χ0n) is 7.19. The van der Waals surface area contributed by atoms with E-state index >= 15 is 0 Å². The predicted octanol–water partition coefficient (Wildman–Crippen LogP) is 1.01. The third kappa shape index (κ3) is 2.87.